The van der Waals surface area contributed by atoms with Gasteiger partial charge < -0.3 is 4.57 Å². The molecule has 0 fully saturated rings. The second-order valence-electron chi connectivity index (χ2n) is 5.60. The molecule has 124 valence electrons. The zero-order valence-electron chi connectivity index (χ0n) is 12.9. The topological polar surface area (TPSA) is 90.1 Å². The van der Waals surface area contributed by atoms with Crippen LogP contribution in [0.1, 0.15) is 12.7 Å². The number of sulfonamides is 1. The summed E-state index contributed by atoms with van der Waals surface area (Å²) in [4.78, 5) is 16.1. The van der Waals surface area contributed by atoms with Crippen LogP contribution in [0.5, 0.6) is 0 Å². The van der Waals surface area contributed by atoms with Gasteiger partial charge in [-0.25, -0.2) is 18.1 Å². The molecule has 0 aliphatic carbocycles. The van der Waals surface area contributed by atoms with Crippen LogP contribution in [0.15, 0.2) is 35.5 Å². The minimum Gasteiger partial charge on any atom is -0.333 e. The summed E-state index contributed by atoms with van der Waals surface area (Å²) in [7, 11) is -3.33. The highest BCUT2D eigenvalue weighted by atomic mass is 32.2. The van der Waals surface area contributed by atoms with Gasteiger partial charge in [-0.15, -0.1) is 0 Å². The first-order valence-electron chi connectivity index (χ1n) is 7.49. The van der Waals surface area contributed by atoms with E-state index in [2.05, 4.69) is 10.1 Å². The zero-order chi connectivity index (χ0) is 16.4. The largest absolute Gasteiger partial charge is 0.333 e. The van der Waals surface area contributed by atoms with Crippen molar-refractivity contribution in [2.45, 2.75) is 26.6 Å². The number of hydrogen-bond acceptors (Lipinski definition) is 5. The SMILES string of the molecule is CCS(=O)(=O)N1Cc2nccn2CC(Cn2ncccc2=O)C1. The molecule has 0 bridgehead atoms. The van der Waals surface area contributed by atoms with Crippen LogP contribution in [0, 0.1) is 5.92 Å². The average Bonchev–Trinajstić information content (AvgIpc) is 2.88. The molecule has 0 N–H and O–H groups in total. The first-order chi connectivity index (χ1) is 11.0. The van der Waals surface area contributed by atoms with E-state index < -0.39 is 10.0 Å². The molecule has 0 radical (unpaired) electrons. The predicted molar refractivity (Wildman–Crippen MR) is 84.1 cm³/mol. The number of rotatable bonds is 4. The van der Waals surface area contributed by atoms with Crippen molar-refractivity contribution in [2.24, 2.45) is 5.92 Å². The fourth-order valence-electron chi connectivity index (χ4n) is 2.78. The van der Waals surface area contributed by atoms with Crippen molar-refractivity contribution in [3.05, 3.63) is 46.9 Å². The van der Waals surface area contributed by atoms with E-state index in [1.54, 1.807) is 25.4 Å². The van der Waals surface area contributed by atoms with Crippen molar-refractivity contribution in [1.82, 2.24) is 23.6 Å². The summed E-state index contributed by atoms with van der Waals surface area (Å²) >= 11 is 0. The lowest BCUT2D eigenvalue weighted by Gasteiger charge is -2.23. The summed E-state index contributed by atoms with van der Waals surface area (Å²) in [6.07, 6.45) is 5.06. The van der Waals surface area contributed by atoms with Crippen LogP contribution in [0.2, 0.25) is 0 Å². The molecule has 2 aromatic rings. The second-order valence-corrected chi connectivity index (χ2v) is 7.86. The molecule has 0 aromatic carbocycles. The molecule has 3 rings (SSSR count). The Morgan fingerprint density at radius 1 is 1.30 bits per heavy atom. The third-order valence-corrected chi connectivity index (χ3v) is 5.81. The van der Waals surface area contributed by atoms with Gasteiger partial charge in [0.05, 0.1) is 18.8 Å². The highest BCUT2D eigenvalue weighted by Gasteiger charge is 2.29. The first-order valence-corrected chi connectivity index (χ1v) is 9.10. The number of imidazole rings is 1. The lowest BCUT2D eigenvalue weighted by atomic mass is 10.1. The van der Waals surface area contributed by atoms with Crippen LogP contribution >= 0.6 is 0 Å². The molecule has 8 nitrogen and oxygen atoms in total. The molecule has 3 heterocycles. The molecule has 1 unspecified atom stereocenters. The molecule has 0 saturated heterocycles. The Morgan fingerprint density at radius 3 is 2.87 bits per heavy atom. The molecule has 1 aliphatic rings. The van der Waals surface area contributed by atoms with Gasteiger partial charge >= 0.3 is 0 Å². The lowest BCUT2D eigenvalue weighted by molar-refractivity contribution is 0.298. The lowest BCUT2D eigenvalue weighted by Crippen LogP contribution is -2.37. The van der Waals surface area contributed by atoms with Crippen LogP contribution in [0.3, 0.4) is 0 Å². The van der Waals surface area contributed by atoms with E-state index in [0.29, 0.717) is 19.6 Å². The molecule has 1 aliphatic heterocycles. The maximum absolute atomic E-state index is 12.3. The van der Waals surface area contributed by atoms with Crippen LogP contribution in [-0.2, 0) is 29.7 Å². The molecule has 0 spiro atoms. The fourth-order valence-corrected chi connectivity index (χ4v) is 3.90. The van der Waals surface area contributed by atoms with E-state index in [9.17, 15) is 13.2 Å². The van der Waals surface area contributed by atoms with Crippen molar-refractivity contribution in [3.63, 3.8) is 0 Å². The van der Waals surface area contributed by atoms with Gasteiger partial charge in [0, 0.05) is 43.7 Å². The summed E-state index contributed by atoms with van der Waals surface area (Å²) in [6.45, 7) is 3.21. The molecule has 23 heavy (non-hydrogen) atoms. The molecular formula is C14H19N5O3S. The summed E-state index contributed by atoms with van der Waals surface area (Å²) in [5.74, 6) is 0.710. The molecule has 2 aromatic heterocycles. The van der Waals surface area contributed by atoms with E-state index in [0.717, 1.165) is 5.82 Å². The van der Waals surface area contributed by atoms with Gasteiger partial charge in [0.2, 0.25) is 10.0 Å². The monoisotopic (exact) mass is 337 g/mol. The Bertz CT molecular complexity index is 842. The van der Waals surface area contributed by atoms with Crippen molar-refractivity contribution in [2.75, 3.05) is 12.3 Å². The quantitative estimate of drug-likeness (QED) is 0.778. The number of aromatic nitrogens is 4. The van der Waals surface area contributed by atoms with E-state index >= 15 is 0 Å². The summed E-state index contributed by atoms with van der Waals surface area (Å²) < 4.78 is 29.4. The van der Waals surface area contributed by atoms with Crippen LogP contribution in [-0.4, -0.2) is 44.4 Å². The minimum absolute atomic E-state index is 0.0456. The normalized spacial score (nSPS) is 19.3. The van der Waals surface area contributed by atoms with Gasteiger partial charge in [0.15, 0.2) is 0 Å². The summed E-state index contributed by atoms with van der Waals surface area (Å²) in [5, 5.41) is 4.07. The van der Waals surface area contributed by atoms with Crippen molar-refractivity contribution in [1.29, 1.82) is 0 Å². The van der Waals surface area contributed by atoms with Gasteiger partial charge in [0.1, 0.15) is 5.82 Å². The molecular weight excluding hydrogens is 318 g/mol. The molecule has 0 saturated carbocycles. The molecule has 9 heteroatoms. The Hall–Kier alpha value is -2.00. The van der Waals surface area contributed by atoms with E-state index in [1.807, 2.05) is 10.8 Å². The molecule has 1 atom stereocenters. The third-order valence-electron chi connectivity index (χ3n) is 4.01. The maximum Gasteiger partial charge on any atom is 0.266 e. The van der Waals surface area contributed by atoms with Gasteiger partial charge in [-0.1, -0.05) is 0 Å². The van der Waals surface area contributed by atoms with Gasteiger partial charge in [-0.05, 0) is 13.0 Å². The Morgan fingerprint density at radius 2 is 2.13 bits per heavy atom. The Kier molecular flexibility index (Phi) is 4.31. The Balaban J connectivity index is 1.91. The van der Waals surface area contributed by atoms with Crippen molar-refractivity contribution < 1.29 is 8.42 Å². The Labute approximate surface area is 134 Å². The molecule has 0 amide bonds. The number of nitrogens with zero attached hydrogens (tertiary/aromatic N) is 5. The minimum atomic E-state index is -3.33. The third kappa shape index (κ3) is 3.35. The van der Waals surface area contributed by atoms with Crippen LogP contribution in [0.4, 0.5) is 0 Å². The fraction of sp³-hybridized carbons (Fsp3) is 0.500. The predicted octanol–water partition coefficient (Wildman–Crippen LogP) is -0.0785. The van der Waals surface area contributed by atoms with Gasteiger partial charge in [-0.3, -0.25) is 4.79 Å². The highest BCUT2D eigenvalue weighted by Crippen LogP contribution is 2.19. The average molecular weight is 337 g/mol. The van der Waals surface area contributed by atoms with E-state index in [1.165, 1.54) is 15.1 Å². The van der Waals surface area contributed by atoms with Crippen molar-refractivity contribution >= 4 is 10.0 Å². The van der Waals surface area contributed by atoms with Crippen LogP contribution < -0.4 is 5.56 Å². The summed E-state index contributed by atoms with van der Waals surface area (Å²) in [5.41, 5.74) is -0.187. The van der Waals surface area contributed by atoms with Crippen LogP contribution in [0.25, 0.3) is 0 Å². The first kappa shape index (κ1) is 15.9. The maximum atomic E-state index is 12.3. The van der Waals surface area contributed by atoms with Crippen molar-refractivity contribution in [3.8, 4) is 0 Å². The highest BCUT2D eigenvalue weighted by molar-refractivity contribution is 7.89. The zero-order valence-corrected chi connectivity index (χ0v) is 13.7. The standard InChI is InChI=1S/C14H19N5O3S/c1-2-23(21,22)18-9-12(8-17-7-6-15-13(17)11-18)10-19-14(20)4-3-5-16-19/h3-7,12H,2,8-11H2,1H3. The van der Waals surface area contributed by atoms with E-state index in [4.69, 9.17) is 0 Å². The van der Waals surface area contributed by atoms with Gasteiger partial charge in [0.25, 0.3) is 5.56 Å². The number of fused-ring (bicyclic) bond motifs is 1. The van der Waals surface area contributed by atoms with Gasteiger partial charge in [-0.2, -0.15) is 9.40 Å². The second kappa shape index (κ2) is 6.25. The smallest absolute Gasteiger partial charge is 0.266 e. The van der Waals surface area contributed by atoms with E-state index in [-0.39, 0.29) is 23.8 Å². The summed E-state index contributed by atoms with van der Waals surface area (Å²) in [6, 6.07) is 3.04. The number of hydrogen-bond donors (Lipinski definition) is 0.